The molecule has 24 rings (SSSR count). The lowest BCUT2D eigenvalue weighted by Gasteiger charge is -2.20. The predicted octanol–water partition coefficient (Wildman–Crippen LogP) is 27.6. The zero-order chi connectivity index (χ0) is 63.6. The number of fused-ring (bicyclic) bond motifs is 19. The Labute approximate surface area is 564 Å². The molecule has 0 saturated carbocycles. The fourth-order valence-electron chi connectivity index (χ4n) is 18.9. The molecule has 0 heteroatoms. The van der Waals surface area contributed by atoms with Crippen molar-refractivity contribution >= 4 is 118 Å². The van der Waals surface area contributed by atoms with E-state index >= 15 is 0 Å². The van der Waals surface area contributed by atoms with Gasteiger partial charge in [-0.2, -0.15) is 0 Å². The first-order valence-electron chi connectivity index (χ1n) is 34.4. The van der Waals surface area contributed by atoms with E-state index in [0.717, 1.165) is 0 Å². The SMILES string of the molecule is c1ccc(-c2c3c(c(-c4ccccc4)c4ccccc24)-c2ccc(-c4cc5c6cccc7c6c(cc5c5ccccc45)-c4ccccc4-7)c4cccc-3c24)cc1.c1ccc2c(c1)-c1cccc3c1c-2cc1c2ccccc2c(-c2ccc4c5c2ccc2ccc6cccc-4c6c25)cc31. The number of hydrogen-bond donors (Lipinski definition) is 0. The van der Waals surface area contributed by atoms with E-state index in [-0.39, 0.29) is 0 Å². The first-order valence-corrected chi connectivity index (χ1v) is 34.4. The van der Waals surface area contributed by atoms with Gasteiger partial charge < -0.3 is 0 Å². The Morgan fingerprint density at radius 3 is 0.959 bits per heavy atom. The van der Waals surface area contributed by atoms with Crippen LogP contribution in [0.5, 0.6) is 0 Å². The molecule has 0 fully saturated rings. The van der Waals surface area contributed by atoms with Crippen molar-refractivity contribution in [3.8, 4) is 122 Å². The molecule has 4 aliphatic rings. The summed E-state index contributed by atoms with van der Waals surface area (Å²) in [7, 11) is 0. The van der Waals surface area contributed by atoms with E-state index in [2.05, 4.69) is 328 Å². The summed E-state index contributed by atoms with van der Waals surface area (Å²) in [6.07, 6.45) is 0. The molecular weight excluding hydrogens is 1180 g/mol. The fraction of sp³-hybridized carbons (Fsp3) is 0. The van der Waals surface area contributed by atoms with Crippen LogP contribution >= 0.6 is 0 Å². The summed E-state index contributed by atoms with van der Waals surface area (Å²) < 4.78 is 0. The van der Waals surface area contributed by atoms with Crippen LogP contribution in [0.2, 0.25) is 0 Å². The fourth-order valence-corrected chi connectivity index (χ4v) is 18.9. The van der Waals surface area contributed by atoms with Crippen LogP contribution in [0.15, 0.2) is 328 Å². The van der Waals surface area contributed by atoms with Crippen LogP contribution in [0.1, 0.15) is 0 Å². The first-order chi connectivity index (χ1) is 48.7. The molecule has 4 aliphatic carbocycles. The zero-order valence-electron chi connectivity index (χ0n) is 53.2. The minimum atomic E-state index is 1.25. The lowest BCUT2D eigenvalue weighted by molar-refractivity contribution is 1.62. The molecule has 446 valence electrons. The van der Waals surface area contributed by atoms with Crippen molar-refractivity contribution in [3.63, 3.8) is 0 Å². The Morgan fingerprint density at radius 1 is 0.112 bits per heavy atom. The molecule has 98 heavy (non-hydrogen) atoms. The minimum Gasteiger partial charge on any atom is -0.0622 e. The number of benzene rings is 20. The predicted molar refractivity (Wildman–Crippen MR) is 419 cm³/mol. The summed E-state index contributed by atoms with van der Waals surface area (Å²) in [6, 6.07) is 123. The third-order valence-corrected chi connectivity index (χ3v) is 22.8. The molecule has 0 amide bonds. The molecule has 0 bridgehead atoms. The molecule has 0 atom stereocenters. The Kier molecular flexibility index (Phi) is 10.4. The lowest BCUT2D eigenvalue weighted by atomic mass is 9.82. The summed E-state index contributed by atoms with van der Waals surface area (Å²) in [6.45, 7) is 0. The van der Waals surface area contributed by atoms with Crippen LogP contribution in [0.25, 0.3) is 241 Å². The second kappa shape index (κ2) is 19.5. The van der Waals surface area contributed by atoms with Gasteiger partial charge in [0.2, 0.25) is 0 Å². The van der Waals surface area contributed by atoms with Gasteiger partial charge in [-0.25, -0.2) is 0 Å². The van der Waals surface area contributed by atoms with Crippen LogP contribution in [-0.2, 0) is 0 Å². The molecule has 0 aromatic heterocycles. The highest BCUT2D eigenvalue weighted by molar-refractivity contribution is 6.37. The van der Waals surface area contributed by atoms with Crippen molar-refractivity contribution in [2.24, 2.45) is 0 Å². The molecule has 20 aromatic rings. The molecule has 20 aromatic carbocycles. The van der Waals surface area contributed by atoms with Crippen molar-refractivity contribution in [1.29, 1.82) is 0 Å². The van der Waals surface area contributed by atoms with E-state index in [9.17, 15) is 0 Å². The normalized spacial score (nSPS) is 12.5. The molecule has 0 spiro atoms. The van der Waals surface area contributed by atoms with Gasteiger partial charge in [-0.15, -0.1) is 0 Å². The second-order valence-electron chi connectivity index (χ2n) is 27.4. The molecule has 0 aliphatic heterocycles. The van der Waals surface area contributed by atoms with Crippen LogP contribution in [0, 0.1) is 0 Å². The van der Waals surface area contributed by atoms with Gasteiger partial charge in [0.1, 0.15) is 0 Å². The maximum Gasteiger partial charge on any atom is -0.000741 e. The summed E-state index contributed by atoms with van der Waals surface area (Å²) in [5.74, 6) is 0. The Morgan fingerprint density at radius 2 is 0.429 bits per heavy atom. The van der Waals surface area contributed by atoms with Crippen molar-refractivity contribution in [1.82, 2.24) is 0 Å². The monoisotopic (exact) mass is 1230 g/mol. The molecule has 0 nitrogen and oxygen atoms in total. The van der Waals surface area contributed by atoms with E-state index in [1.165, 1.54) is 241 Å². The second-order valence-corrected chi connectivity index (χ2v) is 27.4. The van der Waals surface area contributed by atoms with Crippen molar-refractivity contribution in [3.05, 3.63) is 328 Å². The van der Waals surface area contributed by atoms with Crippen LogP contribution in [-0.4, -0.2) is 0 Å². The molecule has 0 N–H and O–H groups in total. The minimum absolute atomic E-state index is 1.25. The quantitative estimate of drug-likeness (QED) is 0.154. The van der Waals surface area contributed by atoms with Crippen LogP contribution in [0.3, 0.4) is 0 Å². The van der Waals surface area contributed by atoms with Gasteiger partial charge in [0.25, 0.3) is 0 Å². The standard InChI is InChI=1S/C56H32.C42H22/c1-3-15-33(16-4-1)51-42-23-11-12-24-43(42)52(34-17-5-2-6-18-34)56-46-30-29-39(41-26-14-28-45(54(41)46)55(51)56)47-31-49-44-27-13-25-40-35-19-7-10-22-38(35)50(53(40)44)32-48(49)37-21-9-8-20-36(37)47;1-4-11-28-25(8-1)30-13-6-14-32-37-21-35(26-9-2-3-10-27(26)36(37)22-38(28)41(30)32)29-19-20-34-31-12-5-7-23-15-16-24-17-18-33(29)42(34)40(24)39(23)31/h1-32H;1-22H. The summed E-state index contributed by atoms with van der Waals surface area (Å²) in [5, 5.41) is 29.3. The van der Waals surface area contributed by atoms with Gasteiger partial charge in [-0.1, -0.05) is 303 Å². The topological polar surface area (TPSA) is 0 Å². The van der Waals surface area contributed by atoms with Gasteiger partial charge in [-0.3, -0.25) is 0 Å². The average molecular weight is 1230 g/mol. The summed E-state index contributed by atoms with van der Waals surface area (Å²) in [5.41, 5.74) is 29.0. The number of hydrogen-bond acceptors (Lipinski definition) is 0. The third kappa shape index (κ3) is 6.88. The maximum absolute atomic E-state index is 2.49. The molecular formula is C98H54. The highest BCUT2D eigenvalue weighted by Gasteiger charge is 2.33. The van der Waals surface area contributed by atoms with Crippen LogP contribution < -0.4 is 0 Å². The molecule has 0 unspecified atom stereocenters. The van der Waals surface area contributed by atoms with Gasteiger partial charge >= 0.3 is 0 Å². The van der Waals surface area contributed by atoms with E-state index in [1.807, 2.05) is 0 Å². The highest BCUT2D eigenvalue weighted by atomic mass is 14.4. The Hall–Kier alpha value is -12.7. The average Bonchev–Trinajstić information content (AvgIpc) is 1.51. The maximum atomic E-state index is 2.49. The van der Waals surface area contributed by atoms with Gasteiger partial charge in [-0.05, 0) is 265 Å². The molecule has 0 radical (unpaired) electrons. The largest absolute Gasteiger partial charge is 0.0622 e. The number of rotatable bonds is 4. The van der Waals surface area contributed by atoms with Gasteiger partial charge in [0.05, 0.1) is 0 Å². The first kappa shape index (κ1) is 52.6. The van der Waals surface area contributed by atoms with Crippen molar-refractivity contribution in [2.75, 3.05) is 0 Å². The Balaban J connectivity index is 0.000000127. The van der Waals surface area contributed by atoms with Crippen LogP contribution in [0.4, 0.5) is 0 Å². The van der Waals surface area contributed by atoms with E-state index in [4.69, 9.17) is 0 Å². The van der Waals surface area contributed by atoms with Gasteiger partial charge in [0.15, 0.2) is 0 Å². The van der Waals surface area contributed by atoms with E-state index < -0.39 is 0 Å². The summed E-state index contributed by atoms with van der Waals surface area (Å²) in [4.78, 5) is 0. The highest BCUT2D eigenvalue weighted by Crippen LogP contribution is 2.61. The molecule has 0 saturated heterocycles. The summed E-state index contributed by atoms with van der Waals surface area (Å²) >= 11 is 0. The Bertz CT molecular complexity index is 6970. The van der Waals surface area contributed by atoms with E-state index in [0.29, 0.717) is 0 Å². The molecule has 0 heterocycles. The van der Waals surface area contributed by atoms with E-state index in [1.54, 1.807) is 0 Å². The lowest BCUT2D eigenvalue weighted by Crippen LogP contribution is -1.93. The smallest absolute Gasteiger partial charge is 0.000741 e. The third-order valence-electron chi connectivity index (χ3n) is 22.8. The van der Waals surface area contributed by atoms with Crippen molar-refractivity contribution < 1.29 is 0 Å². The van der Waals surface area contributed by atoms with Gasteiger partial charge in [0, 0.05) is 0 Å². The van der Waals surface area contributed by atoms with Crippen molar-refractivity contribution in [2.45, 2.75) is 0 Å². The zero-order valence-corrected chi connectivity index (χ0v) is 53.2.